The lowest BCUT2D eigenvalue weighted by molar-refractivity contribution is 0.0744. The van der Waals surface area contributed by atoms with Gasteiger partial charge in [0.15, 0.2) is 5.69 Å². The maximum absolute atomic E-state index is 13.3. The first kappa shape index (κ1) is 27.1. The number of piperidine rings is 1. The van der Waals surface area contributed by atoms with Gasteiger partial charge in [0.2, 0.25) is 0 Å². The van der Waals surface area contributed by atoms with Crippen molar-refractivity contribution in [2.24, 2.45) is 0 Å². The predicted molar refractivity (Wildman–Crippen MR) is 149 cm³/mol. The number of benzene rings is 2. The SMILES string of the molecule is Cc1c(C(=O)NN2CCCCC2)nc(-c2ccc(Cl)cc2Cl)n1-c1ccc(OS(=O)(=O)c2cccnc2)cc1. The largest absolute Gasteiger partial charge is 0.379 e. The molecule has 0 unspecified atom stereocenters. The van der Waals surface area contributed by atoms with E-state index >= 15 is 0 Å². The summed E-state index contributed by atoms with van der Waals surface area (Å²) in [5, 5.41) is 2.76. The Morgan fingerprint density at radius 3 is 2.44 bits per heavy atom. The number of carbonyl (C=O) groups excluding carboxylic acids is 1. The molecule has 0 atom stereocenters. The van der Waals surface area contributed by atoms with Crippen LogP contribution < -0.4 is 9.61 Å². The Morgan fingerprint density at radius 1 is 1.03 bits per heavy atom. The summed E-state index contributed by atoms with van der Waals surface area (Å²) in [5.74, 6) is 0.242. The molecule has 1 amide bonds. The summed E-state index contributed by atoms with van der Waals surface area (Å²) in [6, 6.07) is 14.4. The summed E-state index contributed by atoms with van der Waals surface area (Å²) in [7, 11) is -4.05. The number of hydrogen-bond donors (Lipinski definition) is 1. The summed E-state index contributed by atoms with van der Waals surface area (Å²) in [5.41, 5.74) is 5.02. The molecule has 2 aromatic carbocycles. The topological polar surface area (TPSA) is 106 Å². The smallest absolute Gasteiger partial charge is 0.340 e. The maximum atomic E-state index is 13.3. The second-order valence-electron chi connectivity index (χ2n) is 9.04. The molecule has 12 heteroatoms. The standard InChI is InChI=1S/C27H25Cl2N5O4S/c1-18-25(27(35)32-33-14-3-2-4-15-33)31-26(23-12-7-19(28)16-24(23)29)34(18)20-8-10-21(11-9-20)38-39(36,37)22-6-5-13-30-17-22/h5-13,16-17H,2-4,14-15H2,1H3,(H,32,35). The fraction of sp³-hybridized carbons (Fsp3) is 0.222. The summed E-state index contributed by atoms with van der Waals surface area (Å²) < 4.78 is 32.3. The van der Waals surface area contributed by atoms with Gasteiger partial charge in [-0.2, -0.15) is 8.42 Å². The second kappa shape index (κ2) is 11.4. The van der Waals surface area contributed by atoms with Crippen LogP contribution in [0, 0.1) is 6.92 Å². The molecule has 0 saturated carbocycles. The highest BCUT2D eigenvalue weighted by Crippen LogP contribution is 2.34. The van der Waals surface area contributed by atoms with Crippen molar-refractivity contribution in [3.05, 3.63) is 88.4 Å². The van der Waals surface area contributed by atoms with Gasteiger partial charge >= 0.3 is 10.1 Å². The van der Waals surface area contributed by atoms with Crippen molar-refractivity contribution in [3.63, 3.8) is 0 Å². The third-order valence-corrected chi connectivity index (χ3v) is 8.11. The molecular formula is C27H25Cl2N5O4S. The molecule has 39 heavy (non-hydrogen) atoms. The highest BCUT2D eigenvalue weighted by molar-refractivity contribution is 7.87. The summed E-state index contributed by atoms with van der Waals surface area (Å²) in [6.45, 7) is 3.36. The summed E-state index contributed by atoms with van der Waals surface area (Å²) in [4.78, 5) is 21.8. The number of imidazole rings is 1. The molecule has 9 nitrogen and oxygen atoms in total. The van der Waals surface area contributed by atoms with Crippen molar-refractivity contribution in [3.8, 4) is 22.8 Å². The van der Waals surface area contributed by atoms with Crippen molar-refractivity contribution in [2.45, 2.75) is 31.1 Å². The zero-order valence-corrected chi connectivity index (χ0v) is 23.3. The van der Waals surface area contributed by atoms with E-state index in [2.05, 4.69) is 10.4 Å². The van der Waals surface area contributed by atoms with Gasteiger partial charge in [-0.25, -0.2) is 9.99 Å². The Bertz CT molecular complexity index is 1600. The highest BCUT2D eigenvalue weighted by atomic mass is 35.5. The number of hydrogen-bond acceptors (Lipinski definition) is 7. The van der Waals surface area contributed by atoms with Gasteiger partial charge in [0, 0.05) is 41.8 Å². The lowest BCUT2D eigenvalue weighted by atomic mass is 10.2. The van der Waals surface area contributed by atoms with E-state index in [0.717, 1.165) is 32.4 Å². The average Bonchev–Trinajstić information content (AvgIpc) is 3.27. The first-order chi connectivity index (χ1) is 18.7. The van der Waals surface area contributed by atoms with Crippen LogP contribution in [0.2, 0.25) is 10.0 Å². The van der Waals surface area contributed by atoms with Crippen LogP contribution >= 0.6 is 23.2 Å². The van der Waals surface area contributed by atoms with Gasteiger partial charge in [-0.3, -0.25) is 19.8 Å². The van der Waals surface area contributed by atoms with Crippen molar-refractivity contribution >= 4 is 39.2 Å². The molecule has 1 aliphatic heterocycles. The Labute approximate surface area is 236 Å². The molecule has 1 saturated heterocycles. The molecule has 4 aromatic rings. The van der Waals surface area contributed by atoms with Crippen LogP contribution in [0.1, 0.15) is 35.4 Å². The summed E-state index contributed by atoms with van der Waals surface area (Å²) >= 11 is 12.7. The van der Waals surface area contributed by atoms with E-state index in [0.29, 0.717) is 32.8 Å². The molecule has 1 fully saturated rings. The predicted octanol–water partition coefficient (Wildman–Crippen LogP) is 5.45. The second-order valence-corrected chi connectivity index (χ2v) is 11.4. The zero-order chi connectivity index (χ0) is 27.6. The third-order valence-electron chi connectivity index (χ3n) is 6.33. The minimum absolute atomic E-state index is 0.0523. The van der Waals surface area contributed by atoms with Gasteiger partial charge in [0.1, 0.15) is 16.5 Å². The molecule has 0 spiro atoms. The van der Waals surface area contributed by atoms with Crippen LogP contribution in [0.5, 0.6) is 5.75 Å². The first-order valence-corrected chi connectivity index (χ1v) is 14.4. The van der Waals surface area contributed by atoms with E-state index in [-0.39, 0.29) is 22.2 Å². The highest BCUT2D eigenvalue weighted by Gasteiger charge is 2.25. The molecule has 3 heterocycles. The molecule has 0 aliphatic carbocycles. The van der Waals surface area contributed by atoms with Gasteiger partial charge < -0.3 is 4.18 Å². The Kier molecular flexibility index (Phi) is 7.90. The number of hydrazine groups is 1. The number of nitrogens with one attached hydrogen (secondary N) is 1. The van der Waals surface area contributed by atoms with E-state index in [1.165, 1.54) is 36.7 Å². The van der Waals surface area contributed by atoms with Gasteiger partial charge in [0.05, 0.1) is 10.7 Å². The molecule has 0 radical (unpaired) electrons. The van der Waals surface area contributed by atoms with Crippen LogP contribution in [0.25, 0.3) is 17.1 Å². The number of carbonyl (C=O) groups is 1. The molecule has 5 rings (SSSR count). The number of aromatic nitrogens is 3. The van der Waals surface area contributed by atoms with Crippen LogP contribution in [-0.4, -0.2) is 47.0 Å². The van der Waals surface area contributed by atoms with E-state index in [9.17, 15) is 13.2 Å². The number of nitrogens with zero attached hydrogens (tertiary/aromatic N) is 4. The molecule has 0 bridgehead atoms. The minimum Gasteiger partial charge on any atom is -0.379 e. The fourth-order valence-corrected chi connectivity index (χ4v) is 5.80. The first-order valence-electron chi connectivity index (χ1n) is 12.3. The van der Waals surface area contributed by atoms with Gasteiger partial charge in [-0.15, -0.1) is 0 Å². The zero-order valence-electron chi connectivity index (χ0n) is 21.0. The summed E-state index contributed by atoms with van der Waals surface area (Å²) in [6.07, 6.45) is 5.88. The monoisotopic (exact) mass is 585 g/mol. The van der Waals surface area contributed by atoms with E-state index < -0.39 is 10.1 Å². The lowest BCUT2D eigenvalue weighted by Crippen LogP contribution is -2.45. The van der Waals surface area contributed by atoms with Crippen molar-refractivity contribution in [1.82, 2.24) is 25.0 Å². The van der Waals surface area contributed by atoms with Crippen LogP contribution in [-0.2, 0) is 10.1 Å². The number of halogens is 2. The molecular weight excluding hydrogens is 561 g/mol. The van der Waals surface area contributed by atoms with Crippen LogP contribution in [0.15, 0.2) is 71.9 Å². The quantitative estimate of drug-likeness (QED) is 0.287. The average molecular weight is 587 g/mol. The maximum Gasteiger partial charge on any atom is 0.340 e. The normalized spacial score (nSPS) is 14.2. The van der Waals surface area contributed by atoms with E-state index in [4.69, 9.17) is 32.4 Å². The molecule has 1 aliphatic rings. The third kappa shape index (κ3) is 5.94. The lowest BCUT2D eigenvalue weighted by Gasteiger charge is -2.26. The Balaban J connectivity index is 1.51. The van der Waals surface area contributed by atoms with Crippen molar-refractivity contribution in [1.29, 1.82) is 0 Å². The van der Waals surface area contributed by atoms with Gasteiger partial charge in [-0.05, 0) is 74.4 Å². The number of rotatable bonds is 7. The fourth-order valence-electron chi connectivity index (χ4n) is 4.41. The molecule has 1 N–H and O–H groups in total. The van der Waals surface area contributed by atoms with Crippen LogP contribution in [0.4, 0.5) is 0 Å². The van der Waals surface area contributed by atoms with Crippen molar-refractivity contribution < 1.29 is 17.4 Å². The Hall–Kier alpha value is -3.44. The number of amides is 1. The van der Waals surface area contributed by atoms with Gasteiger partial charge in [-0.1, -0.05) is 29.6 Å². The minimum atomic E-state index is -4.05. The molecule has 202 valence electrons. The van der Waals surface area contributed by atoms with Crippen molar-refractivity contribution in [2.75, 3.05) is 13.1 Å². The van der Waals surface area contributed by atoms with E-state index in [1.807, 2.05) is 5.01 Å². The van der Waals surface area contributed by atoms with Gasteiger partial charge in [0.25, 0.3) is 5.91 Å². The Morgan fingerprint density at radius 2 is 1.77 bits per heavy atom. The number of pyridine rings is 1. The van der Waals surface area contributed by atoms with E-state index in [1.54, 1.807) is 41.8 Å². The molecule has 2 aromatic heterocycles. The van der Waals surface area contributed by atoms with Crippen LogP contribution in [0.3, 0.4) is 0 Å².